The van der Waals surface area contributed by atoms with Crippen molar-refractivity contribution in [3.05, 3.63) is 11.9 Å². The Labute approximate surface area is 129 Å². The molecule has 1 N–H and O–H groups in total. The molecular weight excluding hydrogens is 262 g/mol. The van der Waals surface area contributed by atoms with Crippen LogP contribution in [0.15, 0.2) is 6.20 Å². The van der Waals surface area contributed by atoms with Crippen LogP contribution in [0.2, 0.25) is 0 Å². The lowest BCUT2D eigenvalue weighted by atomic mass is 9.92. The zero-order valence-corrected chi connectivity index (χ0v) is 14.3. The molecule has 2 unspecified atom stereocenters. The van der Waals surface area contributed by atoms with E-state index in [0.717, 1.165) is 37.2 Å². The van der Waals surface area contributed by atoms with Gasteiger partial charge in [-0.15, -0.1) is 5.10 Å². The van der Waals surface area contributed by atoms with Crippen LogP contribution < -0.4 is 5.32 Å². The Morgan fingerprint density at radius 1 is 1.19 bits per heavy atom. The highest BCUT2D eigenvalue weighted by atomic mass is 15.4. The Kier molecular flexibility index (Phi) is 5.38. The number of nitrogens with zero attached hydrogens (tertiary/aromatic N) is 4. The van der Waals surface area contributed by atoms with Crippen molar-refractivity contribution in [3.8, 4) is 0 Å². The summed E-state index contributed by atoms with van der Waals surface area (Å²) in [7, 11) is 0. The Morgan fingerprint density at radius 2 is 1.86 bits per heavy atom. The van der Waals surface area contributed by atoms with Gasteiger partial charge in [-0.2, -0.15) is 0 Å². The molecular formula is C16H31N5. The van der Waals surface area contributed by atoms with Gasteiger partial charge in [0.25, 0.3) is 0 Å². The van der Waals surface area contributed by atoms with Crippen molar-refractivity contribution in [2.24, 2.45) is 11.8 Å². The Balaban J connectivity index is 1.77. The molecule has 0 radical (unpaired) electrons. The third-order valence-corrected chi connectivity index (χ3v) is 3.98. The molecule has 0 saturated carbocycles. The third-order valence-electron chi connectivity index (χ3n) is 3.98. The second kappa shape index (κ2) is 6.88. The zero-order valence-electron chi connectivity index (χ0n) is 14.3. The first-order valence-electron chi connectivity index (χ1n) is 8.18. The van der Waals surface area contributed by atoms with Gasteiger partial charge in [0, 0.05) is 37.9 Å². The summed E-state index contributed by atoms with van der Waals surface area (Å²) in [5, 5.41) is 11.9. The smallest absolute Gasteiger partial charge is 0.0965 e. The van der Waals surface area contributed by atoms with Gasteiger partial charge in [-0.05, 0) is 39.0 Å². The summed E-state index contributed by atoms with van der Waals surface area (Å²) in [6.45, 7) is 16.4. The predicted octanol–water partition coefficient (Wildman–Crippen LogP) is 2.14. The van der Waals surface area contributed by atoms with E-state index in [4.69, 9.17) is 0 Å². The summed E-state index contributed by atoms with van der Waals surface area (Å²) in [6.07, 6.45) is 3.43. The Hall–Kier alpha value is -0.940. The van der Waals surface area contributed by atoms with E-state index in [0.29, 0.717) is 0 Å². The lowest BCUT2D eigenvalue weighted by Crippen LogP contribution is -2.40. The van der Waals surface area contributed by atoms with E-state index in [-0.39, 0.29) is 5.54 Å². The zero-order chi connectivity index (χ0) is 15.5. The van der Waals surface area contributed by atoms with Crippen LogP contribution in [0.4, 0.5) is 0 Å². The normalized spacial score (nSPS) is 24.4. The van der Waals surface area contributed by atoms with Crippen LogP contribution >= 0.6 is 0 Å². The minimum Gasteiger partial charge on any atom is -0.306 e. The van der Waals surface area contributed by atoms with Crippen molar-refractivity contribution >= 4 is 0 Å². The summed E-state index contributed by atoms with van der Waals surface area (Å²) in [6, 6.07) is 0. The van der Waals surface area contributed by atoms with Crippen molar-refractivity contribution in [1.29, 1.82) is 0 Å². The summed E-state index contributed by atoms with van der Waals surface area (Å²) in [5.74, 6) is 1.63. The van der Waals surface area contributed by atoms with Crippen LogP contribution in [-0.4, -0.2) is 45.1 Å². The maximum Gasteiger partial charge on any atom is 0.0965 e. The molecule has 0 spiro atoms. The summed E-state index contributed by atoms with van der Waals surface area (Å²) >= 11 is 0. The fraction of sp³-hybridized carbons (Fsp3) is 0.875. The molecule has 1 aromatic heterocycles. The first-order chi connectivity index (χ1) is 9.82. The van der Waals surface area contributed by atoms with Crippen LogP contribution in [0.1, 0.15) is 46.7 Å². The summed E-state index contributed by atoms with van der Waals surface area (Å²) in [5.41, 5.74) is 1.13. The van der Waals surface area contributed by atoms with Crippen LogP contribution in [0.5, 0.6) is 0 Å². The van der Waals surface area contributed by atoms with Gasteiger partial charge in [0.2, 0.25) is 0 Å². The highest BCUT2D eigenvalue weighted by Crippen LogP contribution is 2.20. The van der Waals surface area contributed by atoms with Gasteiger partial charge in [-0.3, -0.25) is 4.68 Å². The van der Waals surface area contributed by atoms with E-state index in [2.05, 4.69) is 61.3 Å². The van der Waals surface area contributed by atoms with E-state index in [1.54, 1.807) is 0 Å². The molecule has 0 aliphatic carbocycles. The van der Waals surface area contributed by atoms with Crippen LogP contribution in [-0.2, 0) is 13.1 Å². The second-order valence-electron chi connectivity index (χ2n) is 7.78. The molecule has 1 saturated heterocycles. The van der Waals surface area contributed by atoms with Crippen molar-refractivity contribution in [1.82, 2.24) is 25.2 Å². The Morgan fingerprint density at radius 3 is 2.48 bits per heavy atom. The van der Waals surface area contributed by atoms with E-state index in [1.165, 1.54) is 19.5 Å². The van der Waals surface area contributed by atoms with Gasteiger partial charge in [0.15, 0.2) is 0 Å². The Bertz CT molecular complexity index is 424. The van der Waals surface area contributed by atoms with Crippen molar-refractivity contribution < 1.29 is 0 Å². The minimum absolute atomic E-state index is 0.115. The fourth-order valence-electron chi connectivity index (χ4n) is 3.10. The minimum atomic E-state index is 0.115. The SMILES string of the molecule is CC1CC(C)CN(CCn2cc(CNC(C)(C)C)nn2)C1. The number of piperidine rings is 1. The lowest BCUT2D eigenvalue weighted by molar-refractivity contribution is 0.135. The fourth-order valence-corrected chi connectivity index (χ4v) is 3.10. The third kappa shape index (κ3) is 5.75. The molecule has 2 heterocycles. The van der Waals surface area contributed by atoms with E-state index < -0.39 is 0 Å². The standard InChI is InChI=1S/C16H31N5/c1-13-8-14(2)11-20(10-13)6-7-21-12-15(18-19-21)9-17-16(3,4)5/h12-14,17H,6-11H2,1-5H3. The van der Waals surface area contributed by atoms with Gasteiger partial charge < -0.3 is 10.2 Å². The largest absolute Gasteiger partial charge is 0.306 e. The highest BCUT2D eigenvalue weighted by molar-refractivity contribution is 4.93. The van der Waals surface area contributed by atoms with E-state index in [1.807, 2.05) is 4.68 Å². The molecule has 1 aliphatic rings. The molecule has 0 bridgehead atoms. The monoisotopic (exact) mass is 293 g/mol. The molecule has 21 heavy (non-hydrogen) atoms. The molecule has 120 valence electrons. The van der Waals surface area contributed by atoms with Crippen LogP contribution in [0.3, 0.4) is 0 Å². The number of rotatable bonds is 5. The molecule has 2 atom stereocenters. The van der Waals surface area contributed by atoms with Crippen LogP contribution in [0.25, 0.3) is 0 Å². The maximum atomic E-state index is 4.24. The topological polar surface area (TPSA) is 46.0 Å². The van der Waals surface area contributed by atoms with Gasteiger partial charge in [0.05, 0.1) is 12.2 Å². The molecule has 1 fully saturated rings. The van der Waals surface area contributed by atoms with Crippen molar-refractivity contribution in [2.75, 3.05) is 19.6 Å². The van der Waals surface area contributed by atoms with Gasteiger partial charge in [-0.25, -0.2) is 0 Å². The molecule has 5 heteroatoms. The molecule has 2 rings (SSSR count). The second-order valence-corrected chi connectivity index (χ2v) is 7.78. The van der Waals surface area contributed by atoms with Gasteiger partial charge in [0.1, 0.15) is 0 Å². The summed E-state index contributed by atoms with van der Waals surface area (Å²) in [4.78, 5) is 2.56. The van der Waals surface area contributed by atoms with E-state index >= 15 is 0 Å². The molecule has 1 aromatic rings. The van der Waals surface area contributed by atoms with Crippen molar-refractivity contribution in [3.63, 3.8) is 0 Å². The number of nitrogens with one attached hydrogen (secondary N) is 1. The molecule has 0 aromatic carbocycles. The average molecular weight is 293 g/mol. The van der Waals surface area contributed by atoms with Gasteiger partial charge in [-0.1, -0.05) is 19.1 Å². The van der Waals surface area contributed by atoms with Gasteiger partial charge >= 0.3 is 0 Å². The number of hydrogen-bond donors (Lipinski definition) is 1. The van der Waals surface area contributed by atoms with Crippen molar-refractivity contribution in [2.45, 2.75) is 59.7 Å². The predicted molar refractivity (Wildman–Crippen MR) is 86.0 cm³/mol. The number of aromatic nitrogens is 3. The first-order valence-corrected chi connectivity index (χ1v) is 8.18. The first kappa shape index (κ1) is 16.4. The average Bonchev–Trinajstić information content (AvgIpc) is 2.80. The quantitative estimate of drug-likeness (QED) is 0.903. The maximum absolute atomic E-state index is 4.24. The number of hydrogen-bond acceptors (Lipinski definition) is 4. The number of likely N-dealkylation sites (tertiary alicyclic amines) is 1. The molecule has 1 aliphatic heterocycles. The lowest BCUT2D eigenvalue weighted by Gasteiger charge is -2.34. The highest BCUT2D eigenvalue weighted by Gasteiger charge is 2.21. The molecule has 5 nitrogen and oxygen atoms in total. The molecule has 0 amide bonds. The van der Waals surface area contributed by atoms with E-state index in [9.17, 15) is 0 Å². The van der Waals surface area contributed by atoms with Crippen LogP contribution in [0, 0.1) is 11.8 Å². The summed E-state index contributed by atoms with van der Waals surface area (Å²) < 4.78 is 1.98.